The van der Waals surface area contributed by atoms with Gasteiger partial charge >= 0.3 is 11.9 Å². The van der Waals surface area contributed by atoms with Gasteiger partial charge in [0, 0.05) is 0 Å². The predicted molar refractivity (Wildman–Crippen MR) is 136 cm³/mol. The zero-order valence-electron chi connectivity index (χ0n) is 21.6. The maximum absolute atomic E-state index is 12.1. The van der Waals surface area contributed by atoms with E-state index in [1.807, 2.05) is 76.2 Å². The molecule has 186 valence electrons. The van der Waals surface area contributed by atoms with E-state index in [2.05, 4.69) is 0 Å². The van der Waals surface area contributed by atoms with Gasteiger partial charge in [0.05, 0.1) is 11.8 Å². The van der Waals surface area contributed by atoms with Crippen molar-refractivity contribution >= 4 is 17.7 Å². The maximum atomic E-state index is 12.1. The molecule has 2 rings (SSSR count). The van der Waals surface area contributed by atoms with Crippen LogP contribution in [0.4, 0.5) is 0 Å². The molecule has 2 aromatic carbocycles. The van der Waals surface area contributed by atoms with E-state index in [0.717, 1.165) is 24.0 Å². The van der Waals surface area contributed by atoms with Crippen LogP contribution in [0.5, 0.6) is 0 Å². The van der Waals surface area contributed by atoms with Crippen LogP contribution >= 0.6 is 0 Å². The molecule has 34 heavy (non-hydrogen) atoms. The lowest BCUT2D eigenvalue weighted by Gasteiger charge is -2.13. The van der Waals surface area contributed by atoms with Gasteiger partial charge in [0.15, 0.2) is 13.2 Å². The third-order valence-corrected chi connectivity index (χ3v) is 5.53. The largest absolute Gasteiger partial charge is 0.457 e. The lowest BCUT2D eigenvalue weighted by molar-refractivity contribution is -0.156. The van der Waals surface area contributed by atoms with E-state index in [0.29, 0.717) is 12.8 Å². The summed E-state index contributed by atoms with van der Waals surface area (Å²) < 4.78 is 10.2. The summed E-state index contributed by atoms with van der Waals surface area (Å²) in [7, 11) is 0. The second-order valence-corrected chi connectivity index (χ2v) is 8.60. The summed E-state index contributed by atoms with van der Waals surface area (Å²) in [4.78, 5) is 36.2. The Balaban J connectivity index is 0.00000281. The zero-order chi connectivity index (χ0) is 25.5. The van der Waals surface area contributed by atoms with Crippen LogP contribution in [-0.2, 0) is 36.7 Å². The van der Waals surface area contributed by atoms with Crippen molar-refractivity contribution in [3.8, 4) is 0 Å². The quantitative estimate of drug-likeness (QED) is 0.367. The zero-order valence-corrected chi connectivity index (χ0v) is 21.6. The molecule has 5 heteroatoms. The number of ether oxygens (including phenoxy) is 2. The normalized spacial score (nSPS) is 12.1. The van der Waals surface area contributed by atoms with Crippen molar-refractivity contribution in [3.63, 3.8) is 0 Å². The molecule has 0 bridgehead atoms. The van der Waals surface area contributed by atoms with E-state index in [-0.39, 0.29) is 25.0 Å². The number of aryl methyl sites for hydroxylation is 4. The second kappa shape index (κ2) is 15.8. The number of carbonyl (C=O) groups is 3. The highest BCUT2D eigenvalue weighted by atomic mass is 16.6. The van der Waals surface area contributed by atoms with Gasteiger partial charge in [-0.25, -0.2) is 0 Å². The highest BCUT2D eigenvalue weighted by molar-refractivity contribution is 5.85. The minimum atomic E-state index is -0.428. The van der Waals surface area contributed by atoms with Crippen molar-refractivity contribution < 1.29 is 23.9 Å². The van der Waals surface area contributed by atoms with Crippen LogP contribution in [0.1, 0.15) is 62.8 Å². The SMILES string of the molecule is CC.Cc1ccc(CCC(C)C(=O)OCC(=O)COC(=O)C(C)CCc2ccc(C)cc2)cc1. The number of hydrogen-bond donors (Lipinski definition) is 0. The number of carbonyl (C=O) groups excluding carboxylic acids is 3. The van der Waals surface area contributed by atoms with E-state index in [1.54, 1.807) is 13.8 Å². The fourth-order valence-electron chi connectivity index (χ4n) is 3.14. The number of benzene rings is 2. The number of ketones is 1. The summed E-state index contributed by atoms with van der Waals surface area (Å²) in [6.07, 6.45) is 2.82. The fraction of sp³-hybridized carbons (Fsp3) is 0.483. The minimum absolute atomic E-state index is 0.312. The Morgan fingerprint density at radius 3 is 1.29 bits per heavy atom. The number of hydrogen-bond acceptors (Lipinski definition) is 5. The van der Waals surface area contributed by atoms with E-state index in [1.165, 1.54) is 11.1 Å². The molecule has 2 unspecified atom stereocenters. The molecule has 0 fully saturated rings. The Bertz CT molecular complexity index is 810. The molecule has 0 radical (unpaired) electrons. The van der Waals surface area contributed by atoms with Crippen LogP contribution < -0.4 is 0 Å². The molecule has 0 heterocycles. The third kappa shape index (κ3) is 11.3. The molecule has 2 aromatic rings. The predicted octanol–water partition coefficient (Wildman–Crippen LogP) is 5.82. The highest BCUT2D eigenvalue weighted by Gasteiger charge is 2.19. The smallest absolute Gasteiger partial charge is 0.309 e. The van der Waals surface area contributed by atoms with Crippen molar-refractivity contribution in [2.45, 2.75) is 67.2 Å². The lowest BCUT2D eigenvalue weighted by Crippen LogP contribution is -2.25. The van der Waals surface area contributed by atoms with Crippen molar-refractivity contribution in [2.24, 2.45) is 11.8 Å². The molecule has 5 nitrogen and oxygen atoms in total. The average Bonchev–Trinajstić information content (AvgIpc) is 2.85. The molecular weight excluding hydrogens is 428 g/mol. The van der Waals surface area contributed by atoms with E-state index in [4.69, 9.17) is 9.47 Å². The summed E-state index contributed by atoms with van der Waals surface area (Å²) in [6.45, 7) is 10.9. The molecule has 0 aliphatic heterocycles. The van der Waals surface area contributed by atoms with Gasteiger partial charge in [-0.15, -0.1) is 0 Å². The van der Waals surface area contributed by atoms with Gasteiger partial charge in [-0.3, -0.25) is 14.4 Å². The molecular formula is C29H40O5. The van der Waals surface area contributed by atoms with E-state index >= 15 is 0 Å². The standard InChI is InChI=1S/C27H34O5.C2H6/c1-19-5-11-23(12-6-19)15-9-21(3)26(29)31-17-25(28)18-32-27(30)22(4)10-16-24-13-7-20(2)8-14-24;1-2/h5-8,11-14,21-22H,9-10,15-18H2,1-4H3;1-2H3. The van der Waals surface area contributed by atoms with Crippen LogP contribution in [-0.4, -0.2) is 30.9 Å². The Hall–Kier alpha value is -2.95. The first-order chi connectivity index (χ1) is 16.2. The molecule has 2 atom stereocenters. The molecule has 0 amide bonds. The molecule has 0 aliphatic carbocycles. The summed E-state index contributed by atoms with van der Waals surface area (Å²) in [6, 6.07) is 16.4. The van der Waals surface area contributed by atoms with Gasteiger partial charge in [-0.05, 0) is 50.7 Å². The summed E-state index contributed by atoms with van der Waals surface area (Å²) >= 11 is 0. The van der Waals surface area contributed by atoms with Crippen molar-refractivity contribution in [2.75, 3.05) is 13.2 Å². The monoisotopic (exact) mass is 468 g/mol. The van der Waals surface area contributed by atoms with Gasteiger partial charge in [-0.2, -0.15) is 0 Å². The lowest BCUT2D eigenvalue weighted by atomic mass is 10.0. The second-order valence-electron chi connectivity index (χ2n) is 8.60. The summed E-state index contributed by atoms with van der Waals surface area (Å²) in [5.74, 6) is -1.88. The summed E-state index contributed by atoms with van der Waals surface area (Å²) in [5, 5.41) is 0. The Kier molecular flexibility index (Phi) is 13.5. The first-order valence-corrected chi connectivity index (χ1v) is 12.2. The molecule has 0 spiro atoms. The summed E-state index contributed by atoms with van der Waals surface area (Å²) in [5.41, 5.74) is 4.71. The molecule has 0 N–H and O–H groups in total. The molecule has 0 aliphatic rings. The van der Waals surface area contributed by atoms with Crippen molar-refractivity contribution in [3.05, 3.63) is 70.8 Å². The molecule has 0 saturated heterocycles. The number of esters is 2. The number of rotatable bonds is 12. The minimum Gasteiger partial charge on any atom is -0.457 e. The van der Waals surface area contributed by atoms with Gasteiger partial charge in [0.25, 0.3) is 0 Å². The first kappa shape index (κ1) is 29.1. The van der Waals surface area contributed by atoms with E-state index in [9.17, 15) is 14.4 Å². The van der Waals surface area contributed by atoms with Gasteiger partial charge in [0.1, 0.15) is 0 Å². The van der Waals surface area contributed by atoms with Gasteiger partial charge in [-0.1, -0.05) is 87.4 Å². The van der Waals surface area contributed by atoms with Gasteiger partial charge < -0.3 is 9.47 Å². The maximum Gasteiger partial charge on any atom is 0.309 e. The van der Waals surface area contributed by atoms with Crippen molar-refractivity contribution in [1.29, 1.82) is 0 Å². The molecule has 0 aromatic heterocycles. The van der Waals surface area contributed by atoms with Crippen LogP contribution in [0, 0.1) is 25.7 Å². The Labute approximate surface area is 204 Å². The number of Topliss-reactive ketones (excluding diaryl/α,β-unsaturated/α-hetero) is 1. The Morgan fingerprint density at radius 1 is 0.647 bits per heavy atom. The average molecular weight is 469 g/mol. The van der Waals surface area contributed by atoms with Gasteiger partial charge in [0.2, 0.25) is 5.78 Å². The topological polar surface area (TPSA) is 69.7 Å². The third-order valence-electron chi connectivity index (χ3n) is 5.53. The highest BCUT2D eigenvalue weighted by Crippen LogP contribution is 2.13. The Morgan fingerprint density at radius 2 is 0.971 bits per heavy atom. The van der Waals surface area contributed by atoms with Crippen LogP contribution in [0.25, 0.3) is 0 Å². The first-order valence-electron chi connectivity index (χ1n) is 12.2. The van der Waals surface area contributed by atoms with Crippen LogP contribution in [0.2, 0.25) is 0 Å². The van der Waals surface area contributed by atoms with Crippen LogP contribution in [0.3, 0.4) is 0 Å². The van der Waals surface area contributed by atoms with E-state index < -0.39 is 17.7 Å². The fourth-order valence-corrected chi connectivity index (χ4v) is 3.14. The van der Waals surface area contributed by atoms with Crippen LogP contribution in [0.15, 0.2) is 48.5 Å². The van der Waals surface area contributed by atoms with Crippen molar-refractivity contribution in [1.82, 2.24) is 0 Å². The molecule has 0 saturated carbocycles.